The van der Waals surface area contributed by atoms with Gasteiger partial charge in [0, 0.05) is 50.2 Å². The Morgan fingerprint density at radius 1 is 1.13 bits per heavy atom. The van der Waals surface area contributed by atoms with Crippen LogP contribution in [-0.4, -0.2) is 71.8 Å². The van der Waals surface area contributed by atoms with Gasteiger partial charge in [0.1, 0.15) is 12.4 Å². The second kappa shape index (κ2) is 13.6. The monoisotopic (exact) mass is 704 g/mol. The molecule has 236 valence electrons. The Balaban J connectivity index is 1.46. The molecule has 0 atom stereocenters. The van der Waals surface area contributed by atoms with E-state index in [2.05, 4.69) is 31.1 Å². The summed E-state index contributed by atoms with van der Waals surface area (Å²) in [7, 11) is 1.86. The molecule has 14 heteroatoms. The average Bonchev–Trinajstić information content (AvgIpc) is 3.32. The van der Waals surface area contributed by atoms with Crippen LogP contribution in [-0.2, 0) is 16.6 Å². The molecule has 2 aromatic heterocycles. The minimum Gasteiger partial charge on any atom is -0.383 e. The molecule has 0 aliphatic carbocycles. The molecule has 1 fully saturated rings. The fraction of sp³-hybridized carbons (Fsp3) is 0.258. The predicted molar refractivity (Wildman–Crippen MR) is 172 cm³/mol. The van der Waals surface area contributed by atoms with Crippen molar-refractivity contribution in [3.8, 4) is 22.4 Å². The van der Waals surface area contributed by atoms with E-state index < -0.39 is 18.6 Å². The summed E-state index contributed by atoms with van der Waals surface area (Å²) in [6.45, 7) is 2.22. The van der Waals surface area contributed by atoms with Gasteiger partial charge in [-0.05, 0) is 51.3 Å². The van der Waals surface area contributed by atoms with E-state index in [0.717, 1.165) is 29.9 Å². The van der Waals surface area contributed by atoms with Crippen LogP contribution in [0.5, 0.6) is 0 Å². The van der Waals surface area contributed by atoms with E-state index in [-0.39, 0.29) is 22.3 Å². The summed E-state index contributed by atoms with van der Waals surface area (Å²) >= 11 is 10.0. The number of pyridine rings is 1. The Morgan fingerprint density at radius 3 is 2.49 bits per heavy atom. The van der Waals surface area contributed by atoms with Gasteiger partial charge in [0.25, 0.3) is 5.91 Å². The molecule has 5 rings (SSSR count). The zero-order chi connectivity index (χ0) is 32.3. The highest BCUT2D eigenvalue weighted by molar-refractivity contribution is 9.10. The van der Waals surface area contributed by atoms with E-state index >= 15 is 0 Å². The molecular weight excluding hydrogens is 677 g/mol. The number of nitrogens with zero attached hydrogens (tertiary/aromatic N) is 3. The molecule has 4 N–H and O–H groups in total. The molecule has 0 radical (unpaired) electrons. The van der Waals surface area contributed by atoms with Crippen molar-refractivity contribution in [1.82, 2.24) is 19.8 Å². The fourth-order valence-electron chi connectivity index (χ4n) is 5.20. The Bertz CT molecular complexity index is 1770. The third kappa shape index (κ3) is 7.50. The maximum absolute atomic E-state index is 12.6. The predicted octanol–water partition coefficient (Wildman–Crippen LogP) is 6.02. The lowest BCUT2D eigenvalue weighted by molar-refractivity contribution is -0.123. The SMILES string of the molecule is Cn1c(-c2ccc(NC(=O)/C=C/CN3CCOCC3)cc2)c(-c2ccc(C(=O)NCC(F)(F)F)c(Cl)c2)c2c(N)ncc(Br)c21. The van der Waals surface area contributed by atoms with Crippen LogP contribution in [0.25, 0.3) is 33.3 Å². The molecule has 1 saturated heterocycles. The van der Waals surface area contributed by atoms with Gasteiger partial charge in [-0.15, -0.1) is 0 Å². The quantitative estimate of drug-likeness (QED) is 0.193. The molecule has 3 heterocycles. The minimum absolute atomic E-state index is 0.0311. The van der Waals surface area contributed by atoms with E-state index in [1.54, 1.807) is 24.4 Å². The van der Waals surface area contributed by atoms with Crippen molar-refractivity contribution in [2.24, 2.45) is 7.05 Å². The second-order valence-electron chi connectivity index (χ2n) is 10.4. The number of carbonyl (C=O) groups excluding carboxylic acids is 2. The largest absolute Gasteiger partial charge is 0.405 e. The molecule has 2 amide bonds. The number of rotatable bonds is 8. The normalized spacial score (nSPS) is 14.3. The Hall–Kier alpha value is -3.91. The average molecular weight is 706 g/mol. The second-order valence-corrected chi connectivity index (χ2v) is 11.6. The number of alkyl halides is 3. The number of nitrogens with one attached hydrogen (secondary N) is 2. The molecule has 0 bridgehead atoms. The van der Waals surface area contributed by atoms with Gasteiger partial charge in [-0.3, -0.25) is 14.5 Å². The number of hydrogen-bond donors (Lipinski definition) is 3. The minimum atomic E-state index is -4.56. The topological polar surface area (TPSA) is 115 Å². The van der Waals surface area contributed by atoms with E-state index in [1.807, 2.05) is 35.1 Å². The highest BCUT2D eigenvalue weighted by Gasteiger charge is 2.29. The van der Waals surface area contributed by atoms with E-state index in [0.29, 0.717) is 46.4 Å². The zero-order valence-corrected chi connectivity index (χ0v) is 26.4. The number of anilines is 2. The third-order valence-electron chi connectivity index (χ3n) is 7.31. The lowest BCUT2D eigenvalue weighted by atomic mass is 9.97. The summed E-state index contributed by atoms with van der Waals surface area (Å²) in [6.07, 6.45) is 0.367. The number of ether oxygens (including phenoxy) is 1. The van der Waals surface area contributed by atoms with Crippen LogP contribution < -0.4 is 16.4 Å². The van der Waals surface area contributed by atoms with Crippen molar-refractivity contribution in [3.63, 3.8) is 0 Å². The zero-order valence-electron chi connectivity index (χ0n) is 24.0. The number of amides is 2. The molecule has 45 heavy (non-hydrogen) atoms. The van der Waals surface area contributed by atoms with Gasteiger partial charge in [0.2, 0.25) is 5.91 Å². The smallest absolute Gasteiger partial charge is 0.383 e. The van der Waals surface area contributed by atoms with Crippen LogP contribution in [0.15, 0.2) is 65.3 Å². The first kappa shape index (κ1) is 32.5. The van der Waals surface area contributed by atoms with Crippen LogP contribution in [0, 0.1) is 0 Å². The van der Waals surface area contributed by atoms with Gasteiger partial charge in [-0.25, -0.2) is 4.98 Å². The maximum atomic E-state index is 12.6. The molecule has 0 unspecified atom stereocenters. The van der Waals surface area contributed by atoms with E-state index in [1.165, 1.54) is 18.2 Å². The molecule has 0 spiro atoms. The molecule has 2 aromatic carbocycles. The number of nitrogens with two attached hydrogens (primary N) is 1. The highest BCUT2D eigenvalue weighted by atomic mass is 79.9. The third-order valence-corrected chi connectivity index (χ3v) is 8.20. The Labute approximate surface area is 270 Å². The number of fused-ring (bicyclic) bond motifs is 1. The lowest BCUT2D eigenvalue weighted by Gasteiger charge is -2.25. The van der Waals surface area contributed by atoms with Crippen molar-refractivity contribution >= 4 is 61.8 Å². The van der Waals surface area contributed by atoms with Crippen LogP contribution in [0.1, 0.15) is 10.4 Å². The number of aryl methyl sites for hydroxylation is 1. The van der Waals surface area contributed by atoms with Crippen LogP contribution in [0.4, 0.5) is 24.7 Å². The first-order chi connectivity index (χ1) is 21.4. The van der Waals surface area contributed by atoms with Crippen LogP contribution in [0.2, 0.25) is 5.02 Å². The number of benzene rings is 2. The summed E-state index contributed by atoms with van der Waals surface area (Å²) in [4.78, 5) is 31.5. The van der Waals surface area contributed by atoms with Crippen LogP contribution in [0.3, 0.4) is 0 Å². The number of morpholine rings is 1. The fourth-order valence-corrected chi connectivity index (χ4v) is 6.04. The van der Waals surface area contributed by atoms with Gasteiger partial charge >= 0.3 is 6.18 Å². The van der Waals surface area contributed by atoms with E-state index in [4.69, 9.17) is 22.1 Å². The van der Waals surface area contributed by atoms with Crippen molar-refractivity contribution in [2.45, 2.75) is 6.18 Å². The van der Waals surface area contributed by atoms with Crippen molar-refractivity contribution in [3.05, 3.63) is 75.9 Å². The van der Waals surface area contributed by atoms with Crippen LogP contribution >= 0.6 is 27.5 Å². The Morgan fingerprint density at radius 2 is 1.82 bits per heavy atom. The van der Waals surface area contributed by atoms with Gasteiger partial charge in [-0.2, -0.15) is 13.2 Å². The maximum Gasteiger partial charge on any atom is 0.405 e. The molecule has 1 aliphatic heterocycles. The first-order valence-electron chi connectivity index (χ1n) is 13.9. The van der Waals surface area contributed by atoms with Gasteiger partial charge in [-0.1, -0.05) is 35.9 Å². The molecule has 9 nitrogen and oxygen atoms in total. The van der Waals surface area contributed by atoms with E-state index in [9.17, 15) is 22.8 Å². The van der Waals surface area contributed by atoms with Gasteiger partial charge in [0.05, 0.1) is 44.9 Å². The molecular formula is C31H29BrClF3N6O3. The Kier molecular flexibility index (Phi) is 9.82. The molecule has 4 aromatic rings. The number of halogens is 5. The summed E-state index contributed by atoms with van der Waals surface area (Å²) in [5.74, 6) is -0.946. The number of carbonyl (C=O) groups is 2. The number of aromatic nitrogens is 2. The summed E-state index contributed by atoms with van der Waals surface area (Å²) in [5, 5.41) is 5.30. The summed E-state index contributed by atoms with van der Waals surface area (Å²) < 4.78 is 45.9. The standard InChI is InChI=1S/C31H29BrClF3N6O3/c1-41-27(18-4-7-20(8-5-18)40-24(43)3-2-10-42-11-13-45-14-12-42)25(26-28(41)22(32)16-38-29(26)37)19-6-9-21(23(33)15-19)30(44)39-17-31(34,35)36/h2-9,15-16H,10-14,17H2,1H3,(H2,37,38)(H,39,44)(H,40,43)/b3-2+. The van der Waals surface area contributed by atoms with Crippen molar-refractivity contribution in [1.29, 1.82) is 0 Å². The van der Waals surface area contributed by atoms with Gasteiger partial charge < -0.3 is 25.7 Å². The highest BCUT2D eigenvalue weighted by Crippen LogP contribution is 2.45. The van der Waals surface area contributed by atoms with Crippen molar-refractivity contribution in [2.75, 3.05) is 50.4 Å². The van der Waals surface area contributed by atoms with Gasteiger partial charge in [0.15, 0.2) is 0 Å². The lowest BCUT2D eigenvalue weighted by Crippen LogP contribution is -2.36. The number of nitrogen functional groups attached to an aromatic ring is 1. The summed E-state index contributed by atoms with van der Waals surface area (Å²) in [5.41, 5.74) is 10.4. The summed E-state index contributed by atoms with van der Waals surface area (Å²) in [6, 6.07) is 11.8. The first-order valence-corrected chi connectivity index (χ1v) is 15.1. The molecule has 1 aliphatic rings. The van der Waals surface area contributed by atoms with Crippen molar-refractivity contribution < 1.29 is 27.5 Å². The number of hydrogen-bond acceptors (Lipinski definition) is 6. The molecule has 0 saturated carbocycles.